The highest BCUT2D eigenvalue weighted by atomic mass is 19.1. The van der Waals surface area contributed by atoms with Gasteiger partial charge in [-0.05, 0) is 39.4 Å². The number of nitrogens with one attached hydrogen (secondary N) is 1. The Balaban J connectivity index is 2.71. The van der Waals surface area contributed by atoms with E-state index in [1.807, 2.05) is 6.92 Å². The zero-order chi connectivity index (χ0) is 14.6. The van der Waals surface area contributed by atoms with E-state index in [-0.39, 0.29) is 11.9 Å². The minimum atomic E-state index is -0.845. The molecular weight excluding hydrogens is 247 g/mol. The number of rotatable bonds is 6. The number of primary amides is 1. The smallest absolute Gasteiger partial charge is 0.237 e. The number of carbonyl (C=O) groups is 1. The normalized spacial score (nSPS) is 15.6. The van der Waals surface area contributed by atoms with Crippen molar-refractivity contribution in [2.75, 3.05) is 7.05 Å². The Labute approximate surface area is 113 Å². The molecule has 4 nitrogen and oxygen atoms in total. The van der Waals surface area contributed by atoms with Crippen LogP contribution >= 0.6 is 0 Å². The van der Waals surface area contributed by atoms with Gasteiger partial charge >= 0.3 is 0 Å². The van der Waals surface area contributed by atoms with Crippen molar-refractivity contribution in [3.05, 3.63) is 29.6 Å². The van der Waals surface area contributed by atoms with Gasteiger partial charge in [-0.1, -0.05) is 6.07 Å². The summed E-state index contributed by atoms with van der Waals surface area (Å²) in [5.74, 6) is -0.310. The standard InChI is InChI=1S/C14H21FN2O2/c1-9-5-6-11(7-12(9)15)19-10(2)8-14(3,17-4)13(16)18/h5-7,10,17H,8H2,1-4H3,(H2,16,18). The van der Waals surface area contributed by atoms with E-state index >= 15 is 0 Å². The summed E-state index contributed by atoms with van der Waals surface area (Å²) in [5.41, 5.74) is 5.07. The van der Waals surface area contributed by atoms with Crippen molar-refractivity contribution in [2.45, 2.75) is 38.8 Å². The monoisotopic (exact) mass is 268 g/mol. The van der Waals surface area contributed by atoms with Crippen molar-refractivity contribution in [3.63, 3.8) is 0 Å². The Morgan fingerprint density at radius 1 is 1.58 bits per heavy atom. The Hall–Kier alpha value is -1.62. The second kappa shape index (κ2) is 6.02. The molecule has 1 rings (SSSR count). The SMILES string of the molecule is CNC(C)(CC(C)Oc1ccc(C)c(F)c1)C(N)=O. The van der Waals surface area contributed by atoms with E-state index in [1.54, 1.807) is 33.0 Å². The molecule has 19 heavy (non-hydrogen) atoms. The molecule has 0 saturated carbocycles. The summed E-state index contributed by atoms with van der Waals surface area (Å²) in [6.45, 7) is 5.22. The molecule has 0 aliphatic rings. The molecule has 1 aromatic rings. The van der Waals surface area contributed by atoms with Crippen LogP contribution in [0.3, 0.4) is 0 Å². The van der Waals surface area contributed by atoms with E-state index in [9.17, 15) is 9.18 Å². The second-order valence-corrected chi connectivity index (χ2v) is 4.99. The van der Waals surface area contributed by atoms with Gasteiger partial charge in [-0.15, -0.1) is 0 Å². The third-order valence-corrected chi connectivity index (χ3v) is 3.27. The highest BCUT2D eigenvalue weighted by molar-refractivity contribution is 5.84. The molecule has 0 aromatic heterocycles. The number of ether oxygens (including phenoxy) is 1. The number of hydrogen-bond acceptors (Lipinski definition) is 3. The number of likely N-dealkylation sites (N-methyl/N-ethyl adjacent to an activating group) is 1. The van der Waals surface area contributed by atoms with Crippen LogP contribution in [-0.4, -0.2) is 24.6 Å². The van der Waals surface area contributed by atoms with Gasteiger partial charge in [0.2, 0.25) is 5.91 Å². The molecule has 3 N–H and O–H groups in total. The van der Waals surface area contributed by atoms with Gasteiger partial charge in [-0.2, -0.15) is 0 Å². The number of benzene rings is 1. The van der Waals surface area contributed by atoms with E-state index in [1.165, 1.54) is 6.07 Å². The minimum Gasteiger partial charge on any atom is -0.491 e. The van der Waals surface area contributed by atoms with Gasteiger partial charge in [0.15, 0.2) is 0 Å². The number of aryl methyl sites for hydroxylation is 1. The summed E-state index contributed by atoms with van der Waals surface area (Å²) in [5, 5.41) is 2.89. The fourth-order valence-corrected chi connectivity index (χ4v) is 1.82. The first-order chi connectivity index (χ1) is 8.78. The van der Waals surface area contributed by atoms with Crippen LogP contribution in [0.25, 0.3) is 0 Å². The Kier molecular flexibility index (Phi) is 4.89. The summed E-state index contributed by atoms with van der Waals surface area (Å²) in [4.78, 5) is 11.4. The number of nitrogens with two attached hydrogens (primary N) is 1. The molecule has 0 fully saturated rings. The van der Waals surface area contributed by atoms with Crippen molar-refractivity contribution in [3.8, 4) is 5.75 Å². The fourth-order valence-electron chi connectivity index (χ4n) is 1.82. The van der Waals surface area contributed by atoms with Crippen LogP contribution in [0.4, 0.5) is 4.39 Å². The summed E-state index contributed by atoms with van der Waals surface area (Å²) in [6.07, 6.45) is 0.126. The molecule has 0 radical (unpaired) electrons. The van der Waals surface area contributed by atoms with Crippen LogP contribution < -0.4 is 15.8 Å². The average Bonchev–Trinajstić information content (AvgIpc) is 2.33. The first kappa shape index (κ1) is 15.4. The predicted molar refractivity (Wildman–Crippen MR) is 72.5 cm³/mol. The molecule has 5 heteroatoms. The molecular formula is C14H21FN2O2. The fraction of sp³-hybridized carbons (Fsp3) is 0.500. The first-order valence-corrected chi connectivity index (χ1v) is 6.20. The highest BCUT2D eigenvalue weighted by Crippen LogP contribution is 2.20. The summed E-state index contributed by atoms with van der Waals surface area (Å²) in [6, 6.07) is 4.70. The molecule has 0 aliphatic heterocycles. The van der Waals surface area contributed by atoms with Crippen LogP contribution in [0.1, 0.15) is 25.8 Å². The third kappa shape index (κ3) is 3.92. The molecule has 0 spiro atoms. The summed E-state index contributed by atoms with van der Waals surface area (Å²) >= 11 is 0. The Morgan fingerprint density at radius 2 is 2.21 bits per heavy atom. The molecule has 0 aliphatic carbocycles. The average molecular weight is 268 g/mol. The number of hydrogen-bond donors (Lipinski definition) is 2. The lowest BCUT2D eigenvalue weighted by atomic mass is 9.94. The highest BCUT2D eigenvalue weighted by Gasteiger charge is 2.31. The summed E-state index contributed by atoms with van der Waals surface area (Å²) in [7, 11) is 1.67. The second-order valence-electron chi connectivity index (χ2n) is 4.99. The lowest BCUT2D eigenvalue weighted by Crippen LogP contribution is -2.53. The van der Waals surface area contributed by atoms with Gasteiger partial charge in [0.25, 0.3) is 0 Å². The lowest BCUT2D eigenvalue weighted by molar-refractivity contribution is -0.124. The minimum absolute atomic E-state index is 0.271. The molecule has 0 saturated heterocycles. The molecule has 106 valence electrons. The van der Waals surface area contributed by atoms with Crippen molar-refractivity contribution in [1.29, 1.82) is 0 Å². The van der Waals surface area contributed by atoms with Crippen LogP contribution in [0, 0.1) is 12.7 Å². The van der Waals surface area contributed by atoms with E-state index in [0.29, 0.717) is 17.7 Å². The number of amides is 1. The molecule has 0 bridgehead atoms. The van der Waals surface area contributed by atoms with Gasteiger partial charge < -0.3 is 15.8 Å². The van der Waals surface area contributed by atoms with Crippen molar-refractivity contribution in [2.24, 2.45) is 5.73 Å². The van der Waals surface area contributed by atoms with Crippen LogP contribution in [0.2, 0.25) is 0 Å². The van der Waals surface area contributed by atoms with Crippen molar-refractivity contribution < 1.29 is 13.9 Å². The van der Waals surface area contributed by atoms with E-state index < -0.39 is 11.4 Å². The maximum Gasteiger partial charge on any atom is 0.237 e. The third-order valence-electron chi connectivity index (χ3n) is 3.27. The van der Waals surface area contributed by atoms with Crippen LogP contribution in [0.15, 0.2) is 18.2 Å². The van der Waals surface area contributed by atoms with Gasteiger partial charge in [0.05, 0.1) is 11.6 Å². The molecule has 1 amide bonds. The largest absolute Gasteiger partial charge is 0.491 e. The van der Waals surface area contributed by atoms with Gasteiger partial charge in [0.1, 0.15) is 11.6 Å². The van der Waals surface area contributed by atoms with Gasteiger partial charge in [-0.3, -0.25) is 4.79 Å². The predicted octanol–water partition coefficient (Wildman–Crippen LogP) is 1.75. The Morgan fingerprint density at radius 3 is 2.68 bits per heavy atom. The maximum atomic E-state index is 13.4. The van der Waals surface area contributed by atoms with Crippen molar-refractivity contribution >= 4 is 5.91 Å². The van der Waals surface area contributed by atoms with Gasteiger partial charge in [0, 0.05) is 12.5 Å². The summed E-state index contributed by atoms with van der Waals surface area (Å²) < 4.78 is 19.0. The topological polar surface area (TPSA) is 64.3 Å². The quantitative estimate of drug-likeness (QED) is 0.826. The molecule has 1 aromatic carbocycles. The lowest BCUT2D eigenvalue weighted by Gasteiger charge is -2.28. The first-order valence-electron chi connectivity index (χ1n) is 6.20. The zero-order valence-electron chi connectivity index (χ0n) is 11.8. The van der Waals surface area contributed by atoms with E-state index in [2.05, 4.69) is 5.32 Å². The zero-order valence-corrected chi connectivity index (χ0v) is 11.8. The molecule has 2 atom stereocenters. The van der Waals surface area contributed by atoms with Crippen LogP contribution in [0.5, 0.6) is 5.75 Å². The molecule has 0 heterocycles. The molecule has 2 unspecified atom stereocenters. The van der Waals surface area contributed by atoms with E-state index in [4.69, 9.17) is 10.5 Å². The maximum absolute atomic E-state index is 13.4. The number of carbonyl (C=O) groups excluding carboxylic acids is 1. The number of halogens is 1. The Bertz CT molecular complexity index is 465. The van der Waals surface area contributed by atoms with Crippen LogP contribution in [-0.2, 0) is 4.79 Å². The van der Waals surface area contributed by atoms with E-state index in [0.717, 1.165) is 0 Å². The van der Waals surface area contributed by atoms with Crippen molar-refractivity contribution in [1.82, 2.24) is 5.32 Å². The van der Waals surface area contributed by atoms with Gasteiger partial charge in [-0.25, -0.2) is 4.39 Å².